The Balaban J connectivity index is 2.04. The second-order valence-electron chi connectivity index (χ2n) is 6.95. The van der Waals surface area contributed by atoms with Crippen molar-refractivity contribution in [3.8, 4) is 0 Å². The number of imidazole rings is 1. The number of aryl methyl sites for hydroxylation is 2. The number of aromatic nitrogens is 5. The van der Waals surface area contributed by atoms with Crippen molar-refractivity contribution in [2.24, 2.45) is 7.05 Å². The summed E-state index contributed by atoms with van der Waals surface area (Å²) >= 11 is 0. The Hall–Kier alpha value is -2.95. The predicted molar refractivity (Wildman–Crippen MR) is 98.5 cm³/mol. The van der Waals surface area contributed by atoms with Gasteiger partial charge in [-0.1, -0.05) is 13.0 Å². The summed E-state index contributed by atoms with van der Waals surface area (Å²) < 4.78 is 42.7. The first-order chi connectivity index (χ1) is 13.5. The number of alkyl halides is 3. The highest BCUT2D eigenvalue weighted by atomic mass is 19.4. The van der Waals surface area contributed by atoms with Crippen LogP contribution in [0.3, 0.4) is 0 Å². The zero-order valence-corrected chi connectivity index (χ0v) is 16.1. The van der Waals surface area contributed by atoms with Crippen LogP contribution in [0.25, 0.3) is 11.2 Å². The van der Waals surface area contributed by atoms with Crippen molar-refractivity contribution in [3.05, 3.63) is 56.8 Å². The fourth-order valence-corrected chi connectivity index (χ4v) is 3.00. The Morgan fingerprint density at radius 2 is 1.86 bits per heavy atom. The van der Waals surface area contributed by atoms with Gasteiger partial charge in [-0.3, -0.25) is 18.9 Å². The van der Waals surface area contributed by atoms with Crippen molar-refractivity contribution in [1.29, 1.82) is 0 Å². The van der Waals surface area contributed by atoms with Gasteiger partial charge in [0.1, 0.15) is 0 Å². The first-order valence-corrected chi connectivity index (χ1v) is 8.88. The van der Waals surface area contributed by atoms with Gasteiger partial charge in [0.25, 0.3) is 5.56 Å². The maximum absolute atomic E-state index is 13.0. The third kappa shape index (κ3) is 3.46. The molecule has 1 N–H and O–H groups in total. The van der Waals surface area contributed by atoms with Crippen molar-refractivity contribution in [1.82, 2.24) is 23.7 Å². The first-order valence-electron chi connectivity index (χ1n) is 8.88. The average molecular weight is 411 g/mol. The maximum atomic E-state index is 13.0. The van der Waals surface area contributed by atoms with Gasteiger partial charge < -0.3 is 9.67 Å². The molecule has 8 nitrogen and oxygen atoms in total. The van der Waals surface area contributed by atoms with E-state index in [0.29, 0.717) is 13.5 Å². The Labute approximate surface area is 162 Å². The van der Waals surface area contributed by atoms with Crippen molar-refractivity contribution >= 4 is 11.2 Å². The number of pyridine rings is 1. The van der Waals surface area contributed by atoms with Crippen LogP contribution in [0.4, 0.5) is 13.2 Å². The summed E-state index contributed by atoms with van der Waals surface area (Å²) in [6.45, 7) is 2.89. The van der Waals surface area contributed by atoms with Crippen LogP contribution in [0, 0.1) is 0 Å². The third-order valence-electron chi connectivity index (χ3n) is 4.83. The van der Waals surface area contributed by atoms with E-state index in [1.807, 2.05) is 6.92 Å². The Morgan fingerprint density at radius 1 is 1.17 bits per heavy atom. The lowest BCUT2D eigenvalue weighted by Gasteiger charge is -2.26. The summed E-state index contributed by atoms with van der Waals surface area (Å²) in [5.74, 6) is 0. The molecule has 0 radical (unpaired) electrons. The standard InChI is InChI=1S/C18H20F3N5O3/c1-4-7-25-10-23-14-13(25)15(27)26(16(28)24(14)3)9-12-6-5-11(8-22-12)17(2,29)18(19,20)21/h5-6,8,10,29H,4,7,9H2,1-3H3. The lowest BCUT2D eigenvalue weighted by atomic mass is 9.97. The maximum Gasteiger partial charge on any atom is 0.421 e. The summed E-state index contributed by atoms with van der Waals surface area (Å²) in [6, 6.07) is 2.32. The number of aliphatic hydroxyl groups is 1. The van der Waals surface area contributed by atoms with Crippen LogP contribution in [0.5, 0.6) is 0 Å². The van der Waals surface area contributed by atoms with Gasteiger partial charge in [0.15, 0.2) is 16.8 Å². The molecule has 1 unspecified atom stereocenters. The van der Waals surface area contributed by atoms with Gasteiger partial charge >= 0.3 is 11.9 Å². The van der Waals surface area contributed by atoms with Crippen LogP contribution >= 0.6 is 0 Å². The number of fused-ring (bicyclic) bond motifs is 1. The van der Waals surface area contributed by atoms with Crippen LogP contribution in [0.2, 0.25) is 0 Å². The molecule has 0 amide bonds. The van der Waals surface area contributed by atoms with E-state index in [2.05, 4.69) is 9.97 Å². The zero-order chi connectivity index (χ0) is 21.6. The molecule has 0 saturated heterocycles. The minimum atomic E-state index is -4.87. The number of rotatable bonds is 5. The highest BCUT2D eigenvalue weighted by molar-refractivity contribution is 5.69. The van der Waals surface area contributed by atoms with Crippen molar-refractivity contribution in [2.75, 3.05) is 0 Å². The molecule has 0 bridgehead atoms. The van der Waals surface area contributed by atoms with Crippen LogP contribution in [0.15, 0.2) is 34.2 Å². The molecule has 0 fully saturated rings. The van der Waals surface area contributed by atoms with E-state index in [0.717, 1.165) is 23.3 Å². The van der Waals surface area contributed by atoms with E-state index in [-0.39, 0.29) is 23.4 Å². The van der Waals surface area contributed by atoms with E-state index in [4.69, 9.17) is 0 Å². The monoisotopic (exact) mass is 411 g/mol. The summed E-state index contributed by atoms with van der Waals surface area (Å²) in [4.78, 5) is 33.5. The number of hydrogen-bond donors (Lipinski definition) is 1. The summed E-state index contributed by atoms with van der Waals surface area (Å²) in [5.41, 5.74) is -3.94. The SMILES string of the molecule is CCCn1cnc2c1c(=O)n(Cc1ccc(C(C)(O)C(F)(F)F)cn1)c(=O)n2C. The minimum absolute atomic E-state index is 0.201. The summed E-state index contributed by atoms with van der Waals surface area (Å²) in [5, 5.41) is 9.72. The fraction of sp³-hybridized carbons (Fsp3) is 0.444. The second kappa shape index (κ2) is 7.14. The fourth-order valence-electron chi connectivity index (χ4n) is 3.00. The van der Waals surface area contributed by atoms with Gasteiger partial charge in [-0.05, 0) is 19.4 Å². The second-order valence-corrected chi connectivity index (χ2v) is 6.95. The van der Waals surface area contributed by atoms with E-state index in [9.17, 15) is 27.9 Å². The Kier molecular flexibility index (Phi) is 5.11. The largest absolute Gasteiger partial charge is 0.421 e. The van der Waals surface area contributed by atoms with E-state index in [1.54, 1.807) is 4.57 Å². The van der Waals surface area contributed by atoms with Gasteiger partial charge in [-0.15, -0.1) is 0 Å². The lowest BCUT2D eigenvalue weighted by Crippen LogP contribution is -2.40. The van der Waals surface area contributed by atoms with Gasteiger partial charge in [0.05, 0.1) is 18.6 Å². The molecule has 0 aliphatic carbocycles. The quantitative estimate of drug-likeness (QED) is 0.687. The molecule has 3 heterocycles. The van der Waals surface area contributed by atoms with Crippen molar-refractivity contribution in [3.63, 3.8) is 0 Å². The third-order valence-corrected chi connectivity index (χ3v) is 4.83. The molecule has 29 heavy (non-hydrogen) atoms. The van der Waals surface area contributed by atoms with Crippen LogP contribution in [-0.4, -0.2) is 35.0 Å². The number of nitrogens with zero attached hydrogens (tertiary/aromatic N) is 5. The smallest absolute Gasteiger partial charge is 0.376 e. The van der Waals surface area contributed by atoms with Gasteiger partial charge in [-0.2, -0.15) is 13.2 Å². The van der Waals surface area contributed by atoms with Crippen molar-refractivity contribution in [2.45, 2.75) is 45.1 Å². The van der Waals surface area contributed by atoms with Crippen LogP contribution in [-0.2, 0) is 25.7 Å². The summed E-state index contributed by atoms with van der Waals surface area (Å²) in [7, 11) is 1.49. The molecule has 0 saturated carbocycles. The lowest BCUT2D eigenvalue weighted by molar-refractivity contribution is -0.259. The van der Waals surface area contributed by atoms with Gasteiger partial charge in [0.2, 0.25) is 0 Å². The van der Waals surface area contributed by atoms with E-state index < -0.39 is 28.6 Å². The molecule has 0 spiro atoms. The van der Waals surface area contributed by atoms with E-state index in [1.165, 1.54) is 24.0 Å². The molecule has 0 aromatic carbocycles. The first kappa shape index (κ1) is 20.8. The van der Waals surface area contributed by atoms with Crippen LogP contribution < -0.4 is 11.2 Å². The zero-order valence-electron chi connectivity index (χ0n) is 16.1. The normalized spacial score (nSPS) is 14.3. The molecular weight excluding hydrogens is 391 g/mol. The molecule has 0 aliphatic rings. The summed E-state index contributed by atoms with van der Waals surface area (Å²) in [6.07, 6.45) is -1.73. The Morgan fingerprint density at radius 3 is 2.41 bits per heavy atom. The number of halogens is 3. The molecule has 0 aliphatic heterocycles. The highest BCUT2D eigenvalue weighted by Gasteiger charge is 2.51. The molecule has 3 aromatic heterocycles. The van der Waals surface area contributed by atoms with Gasteiger partial charge in [-0.25, -0.2) is 9.78 Å². The van der Waals surface area contributed by atoms with Gasteiger partial charge in [0, 0.05) is 25.4 Å². The van der Waals surface area contributed by atoms with Crippen LogP contribution in [0.1, 0.15) is 31.5 Å². The van der Waals surface area contributed by atoms with Crippen molar-refractivity contribution < 1.29 is 18.3 Å². The average Bonchev–Trinajstić information content (AvgIpc) is 3.07. The molecule has 1 atom stereocenters. The molecule has 11 heteroatoms. The predicted octanol–water partition coefficient (Wildman–Crippen LogP) is 1.52. The number of hydrogen-bond acceptors (Lipinski definition) is 5. The molecule has 3 rings (SSSR count). The molecule has 156 valence electrons. The highest BCUT2D eigenvalue weighted by Crippen LogP contribution is 2.38. The topological polar surface area (TPSA) is 94.9 Å². The minimum Gasteiger partial charge on any atom is -0.376 e. The molecule has 3 aromatic rings. The Bertz CT molecular complexity index is 1160. The van der Waals surface area contributed by atoms with E-state index >= 15 is 0 Å². The molecular formula is C18H20F3N5O3.